The molecular weight excluding hydrogens is 262 g/mol. The fourth-order valence-corrected chi connectivity index (χ4v) is 2.46. The van der Waals surface area contributed by atoms with Crippen molar-refractivity contribution in [2.75, 3.05) is 6.54 Å². The summed E-state index contributed by atoms with van der Waals surface area (Å²) in [7, 11) is 1.98. The van der Waals surface area contributed by atoms with E-state index in [0.29, 0.717) is 0 Å². The van der Waals surface area contributed by atoms with E-state index in [2.05, 4.69) is 34.5 Å². The van der Waals surface area contributed by atoms with Crippen molar-refractivity contribution in [3.63, 3.8) is 0 Å². The molecule has 0 fully saturated rings. The summed E-state index contributed by atoms with van der Waals surface area (Å²) in [6.07, 6.45) is 5.69. The fraction of sp³-hybridized carbons (Fsp3) is 0.250. The average Bonchev–Trinajstić information content (AvgIpc) is 3.15. The average molecular weight is 281 g/mol. The van der Waals surface area contributed by atoms with Crippen LogP contribution in [0.15, 0.2) is 55.1 Å². The van der Waals surface area contributed by atoms with Gasteiger partial charge in [-0.1, -0.05) is 25.1 Å². The number of benzene rings is 1. The van der Waals surface area contributed by atoms with E-state index < -0.39 is 0 Å². The predicted octanol–water partition coefficient (Wildman–Crippen LogP) is 2.30. The topological polar surface area (TPSA) is 47.7 Å². The molecule has 0 aliphatic rings. The molecule has 1 atom stereocenters. The van der Waals surface area contributed by atoms with Crippen molar-refractivity contribution in [3.8, 4) is 5.69 Å². The molecule has 1 unspecified atom stereocenters. The van der Waals surface area contributed by atoms with Gasteiger partial charge in [-0.2, -0.15) is 5.10 Å². The highest BCUT2D eigenvalue weighted by atomic mass is 15.3. The molecule has 21 heavy (non-hydrogen) atoms. The van der Waals surface area contributed by atoms with Crippen LogP contribution >= 0.6 is 0 Å². The van der Waals surface area contributed by atoms with Crippen molar-refractivity contribution in [1.29, 1.82) is 0 Å². The van der Waals surface area contributed by atoms with E-state index in [1.165, 1.54) is 0 Å². The maximum atomic E-state index is 4.48. The summed E-state index contributed by atoms with van der Waals surface area (Å²) >= 11 is 0. The Morgan fingerprint density at radius 3 is 2.67 bits per heavy atom. The van der Waals surface area contributed by atoms with Gasteiger partial charge in [0.25, 0.3) is 0 Å². The minimum absolute atomic E-state index is 0.0268. The molecule has 0 aliphatic heterocycles. The third-order valence-corrected chi connectivity index (χ3v) is 3.40. The van der Waals surface area contributed by atoms with Crippen LogP contribution in [0.2, 0.25) is 0 Å². The summed E-state index contributed by atoms with van der Waals surface area (Å²) in [6, 6.07) is 12.2. The third-order valence-electron chi connectivity index (χ3n) is 3.40. The van der Waals surface area contributed by atoms with Crippen molar-refractivity contribution in [1.82, 2.24) is 24.6 Å². The van der Waals surface area contributed by atoms with Crippen LogP contribution in [0, 0.1) is 0 Å². The number of para-hydroxylation sites is 1. The lowest BCUT2D eigenvalue weighted by atomic mass is 10.1. The first-order valence-electron chi connectivity index (χ1n) is 7.10. The molecule has 0 saturated carbocycles. The SMILES string of the molecule is CCNC(c1cn(C)cn1)c1ccnn1-c1ccccc1. The molecule has 5 heteroatoms. The second kappa shape index (κ2) is 5.93. The first kappa shape index (κ1) is 13.6. The highest BCUT2D eigenvalue weighted by molar-refractivity contribution is 5.34. The standard InChI is InChI=1S/C16H19N5/c1-3-17-16(14-11-20(2)12-18-14)15-9-10-19-21(15)13-7-5-4-6-8-13/h4-12,16-17H,3H2,1-2H3. The Bertz CT molecular complexity index is 698. The highest BCUT2D eigenvalue weighted by Gasteiger charge is 2.20. The number of imidazole rings is 1. The molecule has 0 saturated heterocycles. The number of aromatic nitrogens is 4. The Balaban J connectivity index is 2.03. The largest absolute Gasteiger partial charge is 0.340 e. The van der Waals surface area contributed by atoms with Crippen LogP contribution in [0.25, 0.3) is 5.69 Å². The van der Waals surface area contributed by atoms with Crippen molar-refractivity contribution < 1.29 is 0 Å². The van der Waals surface area contributed by atoms with Gasteiger partial charge in [0.2, 0.25) is 0 Å². The Labute approximate surface area is 124 Å². The molecule has 1 N–H and O–H groups in total. The number of hydrogen-bond donors (Lipinski definition) is 1. The van der Waals surface area contributed by atoms with E-state index in [9.17, 15) is 0 Å². The normalized spacial score (nSPS) is 12.5. The van der Waals surface area contributed by atoms with E-state index in [0.717, 1.165) is 23.6 Å². The lowest BCUT2D eigenvalue weighted by Crippen LogP contribution is -2.25. The van der Waals surface area contributed by atoms with E-state index >= 15 is 0 Å². The van der Waals surface area contributed by atoms with Gasteiger partial charge in [0.05, 0.1) is 29.4 Å². The molecule has 5 nitrogen and oxygen atoms in total. The van der Waals surface area contributed by atoms with E-state index in [1.54, 1.807) is 0 Å². The molecule has 3 rings (SSSR count). The molecule has 2 heterocycles. The van der Waals surface area contributed by atoms with Gasteiger partial charge >= 0.3 is 0 Å². The second-order valence-corrected chi connectivity index (χ2v) is 4.96. The summed E-state index contributed by atoms with van der Waals surface area (Å²) in [5, 5.41) is 7.95. The van der Waals surface area contributed by atoms with Gasteiger partial charge in [0.15, 0.2) is 0 Å². The van der Waals surface area contributed by atoms with Gasteiger partial charge in [-0.25, -0.2) is 9.67 Å². The molecular formula is C16H19N5. The van der Waals surface area contributed by atoms with Crippen molar-refractivity contribution in [3.05, 3.63) is 66.5 Å². The zero-order valence-corrected chi connectivity index (χ0v) is 12.3. The van der Waals surface area contributed by atoms with E-state index in [-0.39, 0.29) is 6.04 Å². The molecule has 3 aromatic rings. The van der Waals surface area contributed by atoms with Gasteiger partial charge in [0, 0.05) is 19.4 Å². The minimum atomic E-state index is 0.0268. The van der Waals surface area contributed by atoms with Crippen molar-refractivity contribution in [2.45, 2.75) is 13.0 Å². The van der Waals surface area contributed by atoms with Gasteiger partial charge in [-0.05, 0) is 24.7 Å². The predicted molar refractivity (Wildman–Crippen MR) is 82.3 cm³/mol. The quantitative estimate of drug-likeness (QED) is 0.780. The zero-order chi connectivity index (χ0) is 14.7. The third kappa shape index (κ3) is 2.73. The van der Waals surface area contributed by atoms with Gasteiger partial charge in [-0.3, -0.25) is 0 Å². The Morgan fingerprint density at radius 2 is 2.00 bits per heavy atom. The van der Waals surface area contributed by atoms with Crippen molar-refractivity contribution >= 4 is 0 Å². The Morgan fingerprint density at radius 1 is 1.19 bits per heavy atom. The lowest BCUT2D eigenvalue weighted by Gasteiger charge is -2.17. The molecule has 0 radical (unpaired) electrons. The lowest BCUT2D eigenvalue weighted by molar-refractivity contribution is 0.582. The molecule has 2 aromatic heterocycles. The summed E-state index contributed by atoms with van der Waals surface area (Å²) in [5.41, 5.74) is 3.13. The Kier molecular flexibility index (Phi) is 3.83. The first-order chi connectivity index (χ1) is 10.3. The number of nitrogens with zero attached hydrogens (tertiary/aromatic N) is 4. The summed E-state index contributed by atoms with van der Waals surface area (Å²) in [4.78, 5) is 4.48. The number of rotatable bonds is 5. The Hall–Kier alpha value is -2.40. The van der Waals surface area contributed by atoms with Crippen LogP contribution in [0.4, 0.5) is 0 Å². The smallest absolute Gasteiger partial charge is 0.0947 e. The van der Waals surface area contributed by atoms with Crippen molar-refractivity contribution in [2.24, 2.45) is 7.05 Å². The molecule has 0 bridgehead atoms. The van der Waals surface area contributed by atoms with Crippen LogP contribution in [0.5, 0.6) is 0 Å². The van der Waals surface area contributed by atoms with Crippen LogP contribution in [-0.2, 0) is 7.05 Å². The van der Waals surface area contributed by atoms with Crippen LogP contribution in [0.1, 0.15) is 24.4 Å². The number of hydrogen-bond acceptors (Lipinski definition) is 3. The van der Waals surface area contributed by atoms with Gasteiger partial charge in [-0.15, -0.1) is 0 Å². The molecule has 1 aromatic carbocycles. The van der Waals surface area contributed by atoms with E-state index in [4.69, 9.17) is 0 Å². The van der Waals surface area contributed by atoms with Crippen LogP contribution in [-0.4, -0.2) is 25.9 Å². The highest BCUT2D eigenvalue weighted by Crippen LogP contribution is 2.22. The molecule has 0 amide bonds. The van der Waals surface area contributed by atoms with Gasteiger partial charge in [0.1, 0.15) is 0 Å². The van der Waals surface area contributed by atoms with Crippen LogP contribution in [0.3, 0.4) is 0 Å². The van der Waals surface area contributed by atoms with Crippen LogP contribution < -0.4 is 5.32 Å². The maximum Gasteiger partial charge on any atom is 0.0947 e. The summed E-state index contributed by atoms with van der Waals surface area (Å²) in [6.45, 7) is 2.96. The van der Waals surface area contributed by atoms with Gasteiger partial charge < -0.3 is 9.88 Å². The number of nitrogens with one attached hydrogen (secondary N) is 1. The van der Waals surface area contributed by atoms with E-state index in [1.807, 2.05) is 59.3 Å². The maximum absolute atomic E-state index is 4.48. The second-order valence-electron chi connectivity index (χ2n) is 4.96. The minimum Gasteiger partial charge on any atom is -0.340 e. The summed E-state index contributed by atoms with van der Waals surface area (Å²) in [5.74, 6) is 0. The summed E-state index contributed by atoms with van der Waals surface area (Å²) < 4.78 is 3.92. The zero-order valence-electron chi connectivity index (χ0n) is 12.3. The fourth-order valence-electron chi connectivity index (χ4n) is 2.46. The molecule has 0 spiro atoms. The molecule has 108 valence electrons. The molecule has 0 aliphatic carbocycles. The monoisotopic (exact) mass is 281 g/mol. The number of aryl methyl sites for hydroxylation is 1. The first-order valence-corrected chi connectivity index (χ1v) is 7.10.